The summed E-state index contributed by atoms with van der Waals surface area (Å²) < 4.78 is 0. The Morgan fingerprint density at radius 1 is 1.31 bits per heavy atom. The van der Waals surface area contributed by atoms with Crippen LogP contribution in [0.4, 0.5) is 11.5 Å². The van der Waals surface area contributed by atoms with Crippen molar-refractivity contribution in [1.29, 1.82) is 0 Å². The molecule has 0 atom stereocenters. The zero-order valence-electron chi connectivity index (χ0n) is 8.31. The smallest absolute Gasteiger partial charge is 0.224 e. The summed E-state index contributed by atoms with van der Waals surface area (Å²) in [7, 11) is 0. The third-order valence-electron chi connectivity index (χ3n) is 1.93. The van der Waals surface area contributed by atoms with Crippen LogP contribution in [-0.4, -0.2) is 9.97 Å². The molecule has 0 unspecified atom stereocenters. The average molecular weight is 230 g/mol. The number of halogens is 1. The average Bonchev–Trinajstić information content (AvgIpc) is 2.29. The van der Waals surface area contributed by atoms with Crippen molar-refractivity contribution in [2.45, 2.75) is 0 Å². The van der Waals surface area contributed by atoms with Gasteiger partial charge in [0.25, 0.3) is 0 Å². The second kappa shape index (κ2) is 4.65. The molecule has 0 saturated heterocycles. The van der Waals surface area contributed by atoms with Crippen LogP contribution in [0.1, 0.15) is 5.56 Å². The number of aromatic nitrogens is 2. The molecule has 1 aromatic carbocycles. The third-order valence-corrected chi connectivity index (χ3v) is 2.11. The van der Waals surface area contributed by atoms with Gasteiger partial charge in [0.1, 0.15) is 5.82 Å². The molecule has 2 aromatic rings. The van der Waals surface area contributed by atoms with Gasteiger partial charge in [-0.2, -0.15) is 0 Å². The van der Waals surface area contributed by atoms with Crippen molar-refractivity contribution < 1.29 is 0 Å². The van der Waals surface area contributed by atoms with Crippen LogP contribution in [0.2, 0.25) is 5.28 Å². The van der Waals surface area contributed by atoms with Crippen LogP contribution in [0.5, 0.6) is 0 Å². The van der Waals surface area contributed by atoms with Crippen molar-refractivity contribution in [3.8, 4) is 12.3 Å². The molecule has 78 valence electrons. The zero-order chi connectivity index (χ0) is 11.4. The Kier molecular flexibility index (Phi) is 3.04. The highest BCUT2D eigenvalue weighted by molar-refractivity contribution is 6.28. The summed E-state index contributed by atoms with van der Waals surface area (Å²) in [6.45, 7) is 0. The maximum absolute atomic E-state index is 5.68. The van der Waals surface area contributed by atoms with Gasteiger partial charge in [0.15, 0.2) is 0 Å². The Labute approximate surface area is 98.5 Å². The lowest BCUT2D eigenvalue weighted by molar-refractivity contribution is 1.17. The quantitative estimate of drug-likeness (QED) is 0.636. The molecule has 3 nitrogen and oxygen atoms in total. The van der Waals surface area contributed by atoms with Crippen molar-refractivity contribution in [1.82, 2.24) is 9.97 Å². The largest absolute Gasteiger partial charge is 0.340 e. The summed E-state index contributed by atoms with van der Waals surface area (Å²) in [6, 6.07) is 9.22. The lowest BCUT2D eigenvalue weighted by Gasteiger charge is -2.05. The molecule has 0 spiro atoms. The van der Waals surface area contributed by atoms with Crippen LogP contribution in [0.25, 0.3) is 0 Å². The van der Waals surface area contributed by atoms with Crippen LogP contribution in [0.15, 0.2) is 36.5 Å². The highest BCUT2D eigenvalue weighted by atomic mass is 35.5. The maximum atomic E-state index is 5.68. The van der Waals surface area contributed by atoms with Crippen LogP contribution in [0.3, 0.4) is 0 Å². The van der Waals surface area contributed by atoms with E-state index in [9.17, 15) is 0 Å². The molecule has 0 bridgehead atoms. The number of rotatable bonds is 2. The molecule has 1 N–H and O–H groups in total. The van der Waals surface area contributed by atoms with Gasteiger partial charge in [-0.25, -0.2) is 9.97 Å². The van der Waals surface area contributed by atoms with Gasteiger partial charge >= 0.3 is 0 Å². The van der Waals surface area contributed by atoms with Gasteiger partial charge in [-0.05, 0) is 35.9 Å². The van der Waals surface area contributed by atoms with E-state index in [4.69, 9.17) is 18.0 Å². The van der Waals surface area contributed by atoms with E-state index in [2.05, 4.69) is 21.2 Å². The molecule has 0 amide bonds. The predicted molar refractivity (Wildman–Crippen MR) is 64.7 cm³/mol. The SMILES string of the molecule is C#Cc1cccc(Nc2ccnc(Cl)n2)c1. The van der Waals surface area contributed by atoms with E-state index in [1.165, 1.54) is 0 Å². The molecular weight excluding hydrogens is 222 g/mol. The van der Waals surface area contributed by atoms with Crippen molar-refractivity contribution in [3.63, 3.8) is 0 Å². The molecule has 2 rings (SSSR count). The highest BCUT2D eigenvalue weighted by Crippen LogP contribution is 2.16. The van der Waals surface area contributed by atoms with Gasteiger partial charge in [0.2, 0.25) is 5.28 Å². The standard InChI is InChI=1S/C12H8ClN3/c1-2-9-4-3-5-10(8-9)15-11-6-7-14-12(13)16-11/h1,3-8H,(H,14,15,16). The van der Waals surface area contributed by atoms with Gasteiger partial charge < -0.3 is 5.32 Å². The molecule has 1 heterocycles. The zero-order valence-corrected chi connectivity index (χ0v) is 9.07. The molecular formula is C12H8ClN3. The minimum Gasteiger partial charge on any atom is -0.340 e. The summed E-state index contributed by atoms with van der Waals surface area (Å²) in [5, 5.41) is 3.29. The molecule has 0 fully saturated rings. The number of hydrogen-bond donors (Lipinski definition) is 1. The number of terminal acetylenes is 1. The summed E-state index contributed by atoms with van der Waals surface area (Å²) in [4.78, 5) is 7.81. The summed E-state index contributed by atoms with van der Waals surface area (Å²) in [5.74, 6) is 3.20. The number of hydrogen-bond acceptors (Lipinski definition) is 3. The van der Waals surface area contributed by atoms with Crippen LogP contribution >= 0.6 is 11.6 Å². The normalized spacial score (nSPS) is 9.50. The Hall–Kier alpha value is -2.05. The van der Waals surface area contributed by atoms with Crippen LogP contribution < -0.4 is 5.32 Å². The van der Waals surface area contributed by atoms with Crippen LogP contribution in [-0.2, 0) is 0 Å². The third kappa shape index (κ3) is 2.50. The lowest BCUT2D eigenvalue weighted by Crippen LogP contribution is -1.94. The van der Waals surface area contributed by atoms with E-state index < -0.39 is 0 Å². The summed E-state index contributed by atoms with van der Waals surface area (Å²) in [6.07, 6.45) is 6.90. The van der Waals surface area contributed by atoms with Gasteiger partial charge in [-0.1, -0.05) is 12.0 Å². The second-order valence-corrected chi connectivity index (χ2v) is 3.40. The van der Waals surface area contributed by atoms with E-state index in [1.54, 1.807) is 12.3 Å². The van der Waals surface area contributed by atoms with E-state index in [1.807, 2.05) is 24.3 Å². The van der Waals surface area contributed by atoms with E-state index >= 15 is 0 Å². The molecule has 0 aliphatic rings. The number of nitrogens with zero attached hydrogens (tertiary/aromatic N) is 2. The first-order valence-electron chi connectivity index (χ1n) is 4.60. The van der Waals surface area contributed by atoms with Gasteiger partial charge in [-0.3, -0.25) is 0 Å². The highest BCUT2D eigenvalue weighted by Gasteiger charge is 1.98. The van der Waals surface area contributed by atoms with Crippen LogP contribution in [0, 0.1) is 12.3 Å². The van der Waals surface area contributed by atoms with Gasteiger partial charge in [0.05, 0.1) is 0 Å². The molecule has 0 radical (unpaired) electrons. The van der Waals surface area contributed by atoms with Crippen molar-refractivity contribution in [3.05, 3.63) is 47.4 Å². The molecule has 0 saturated carbocycles. The molecule has 0 aliphatic carbocycles. The fraction of sp³-hybridized carbons (Fsp3) is 0. The fourth-order valence-corrected chi connectivity index (χ4v) is 1.39. The first-order valence-corrected chi connectivity index (χ1v) is 4.98. The minimum atomic E-state index is 0.207. The molecule has 0 aliphatic heterocycles. The monoisotopic (exact) mass is 229 g/mol. The second-order valence-electron chi connectivity index (χ2n) is 3.06. The van der Waals surface area contributed by atoms with E-state index in [0.29, 0.717) is 5.82 Å². The fourth-order valence-electron chi connectivity index (χ4n) is 1.24. The summed E-state index contributed by atoms with van der Waals surface area (Å²) in [5.41, 5.74) is 1.68. The number of benzene rings is 1. The van der Waals surface area contributed by atoms with Crippen molar-refractivity contribution in [2.24, 2.45) is 0 Å². The lowest BCUT2D eigenvalue weighted by atomic mass is 10.2. The molecule has 4 heteroatoms. The Bertz CT molecular complexity index is 546. The van der Waals surface area contributed by atoms with Crippen molar-refractivity contribution >= 4 is 23.1 Å². The Morgan fingerprint density at radius 3 is 2.94 bits per heavy atom. The molecule has 16 heavy (non-hydrogen) atoms. The van der Waals surface area contributed by atoms with Gasteiger partial charge in [-0.15, -0.1) is 6.42 Å². The first-order chi connectivity index (χ1) is 7.78. The van der Waals surface area contributed by atoms with E-state index in [0.717, 1.165) is 11.3 Å². The summed E-state index contributed by atoms with van der Waals surface area (Å²) >= 11 is 5.68. The molecule has 1 aromatic heterocycles. The Morgan fingerprint density at radius 2 is 2.19 bits per heavy atom. The minimum absolute atomic E-state index is 0.207. The number of nitrogens with one attached hydrogen (secondary N) is 1. The topological polar surface area (TPSA) is 37.8 Å². The number of anilines is 2. The first kappa shape index (κ1) is 10.5. The van der Waals surface area contributed by atoms with Crippen molar-refractivity contribution in [2.75, 3.05) is 5.32 Å². The predicted octanol–water partition coefficient (Wildman–Crippen LogP) is 2.85. The Balaban J connectivity index is 2.24. The van der Waals surface area contributed by atoms with E-state index in [-0.39, 0.29) is 5.28 Å². The van der Waals surface area contributed by atoms with Gasteiger partial charge in [0, 0.05) is 17.4 Å². The maximum Gasteiger partial charge on any atom is 0.224 e.